The minimum Gasteiger partial charge on any atom is -0.478 e. The Bertz CT molecular complexity index is 488. The summed E-state index contributed by atoms with van der Waals surface area (Å²) in [6.45, 7) is -0.760. The summed E-state index contributed by atoms with van der Waals surface area (Å²) in [6, 6.07) is 9.31. The summed E-state index contributed by atoms with van der Waals surface area (Å²) < 4.78 is 0. The van der Waals surface area contributed by atoms with Gasteiger partial charge in [0.15, 0.2) is 6.29 Å². The molecule has 23 heavy (non-hydrogen) atoms. The molecule has 0 aliphatic rings. The van der Waals surface area contributed by atoms with E-state index in [9.17, 15) is 9.59 Å². The van der Waals surface area contributed by atoms with E-state index in [4.69, 9.17) is 30.6 Å². The van der Waals surface area contributed by atoms with Gasteiger partial charge in [-0.3, -0.25) is 0 Å². The van der Waals surface area contributed by atoms with Gasteiger partial charge in [0, 0.05) is 6.08 Å². The summed E-state index contributed by atoms with van der Waals surface area (Å²) in [5.41, 5.74) is 0.898. The molecule has 1 rings (SSSR count). The first kappa shape index (κ1) is 20.9. The van der Waals surface area contributed by atoms with E-state index in [1.165, 1.54) is 0 Å². The molecule has 0 heterocycles. The van der Waals surface area contributed by atoms with Crippen LogP contribution < -0.4 is 0 Å². The number of carbonyl (C=O) groups is 2. The number of hydrogen-bond donors (Lipinski definition) is 6. The van der Waals surface area contributed by atoms with E-state index in [0.29, 0.717) is 0 Å². The first-order valence-electron chi connectivity index (χ1n) is 6.58. The Morgan fingerprint density at radius 3 is 2.04 bits per heavy atom. The Hall–Kier alpha value is -2.10. The molecule has 128 valence electrons. The lowest BCUT2D eigenvalue weighted by Gasteiger charge is -2.22. The van der Waals surface area contributed by atoms with E-state index in [2.05, 4.69) is 0 Å². The van der Waals surface area contributed by atoms with Crippen LogP contribution in [0.5, 0.6) is 0 Å². The highest BCUT2D eigenvalue weighted by molar-refractivity contribution is 5.85. The first-order chi connectivity index (χ1) is 10.8. The van der Waals surface area contributed by atoms with Gasteiger partial charge in [0.1, 0.15) is 24.4 Å². The first-order valence-corrected chi connectivity index (χ1v) is 6.58. The van der Waals surface area contributed by atoms with E-state index < -0.39 is 37.0 Å². The summed E-state index contributed by atoms with van der Waals surface area (Å²) in [5, 5.41) is 51.8. The molecular weight excluding hydrogens is 308 g/mol. The van der Waals surface area contributed by atoms with Crippen LogP contribution in [0.25, 0.3) is 6.08 Å². The smallest absolute Gasteiger partial charge is 0.328 e. The summed E-state index contributed by atoms with van der Waals surface area (Å²) in [4.78, 5) is 20.0. The number of carboxylic acids is 1. The lowest BCUT2D eigenvalue weighted by Crippen LogP contribution is -2.46. The average Bonchev–Trinajstić information content (AvgIpc) is 2.58. The van der Waals surface area contributed by atoms with Crippen LogP contribution in [0.4, 0.5) is 0 Å². The van der Waals surface area contributed by atoms with Crippen LogP contribution in [0.15, 0.2) is 36.4 Å². The molecule has 0 aliphatic carbocycles. The van der Waals surface area contributed by atoms with Gasteiger partial charge in [-0.15, -0.1) is 0 Å². The maximum absolute atomic E-state index is 10.1. The Labute approximate surface area is 132 Å². The third-order valence-electron chi connectivity index (χ3n) is 2.64. The highest BCUT2D eigenvalue weighted by Crippen LogP contribution is 2.03. The SMILES string of the molecule is O=C(O)C=Cc1ccccc1.O=C[C@H](O)[C@@H](O)[C@H](O)[C@H](O)CO. The zero-order valence-electron chi connectivity index (χ0n) is 12.1. The van der Waals surface area contributed by atoms with Gasteiger partial charge in [0.2, 0.25) is 0 Å². The number of aldehydes is 1. The third-order valence-corrected chi connectivity index (χ3v) is 2.64. The van der Waals surface area contributed by atoms with Crippen molar-refractivity contribution < 1.29 is 40.2 Å². The lowest BCUT2D eigenvalue weighted by atomic mass is 10.0. The van der Waals surface area contributed by atoms with Crippen molar-refractivity contribution in [3.63, 3.8) is 0 Å². The number of hydrogen-bond acceptors (Lipinski definition) is 7. The highest BCUT2D eigenvalue weighted by Gasteiger charge is 2.29. The largest absolute Gasteiger partial charge is 0.478 e. The number of aliphatic carboxylic acids is 1. The van der Waals surface area contributed by atoms with Crippen molar-refractivity contribution in [2.24, 2.45) is 0 Å². The molecular formula is C15H20O8. The topological polar surface area (TPSA) is 156 Å². The fraction of sp³-hybridized carbons (Fsp3) is 0.333. The fourth-order valence-electron chi connectivity index (χ4n) is 1.35. The molecule has 0 bridgehead atoms. The molecule has 6 N–H and O–H groups in total. The Balaban J connectivity index is 0.000000422. The van der Waals surface area contributed by atoms with Crippen LogP contribution in [0.3, 0.4) is 0 Å². The number of carbonyl (C=O) groups excluding carboxylic acids is 1. The average molecular weight is 328 g/mol. The number of rotatable bonds is 7. The van der Waals surface area contributed by atoms with Crippen molar-refractivity contribution in [1.82, 2.24) is 0 Å². The predicted molar refractivity (Wildman–Crippen MR) is 80.3 cm³/mol. The van der Waals surface area contributed by atoms with Gasteiger partial charge in [-0.1, -0.05) is 30.3 Å². The van der Waals surface area contributed by atoms with Crippen LogP contribution in [0.1, 0.15) is 5.56 Å². The zero-order valence-corrected chi connectivity index (χ0v) is 12.1. The summed E-state index contributed by atoms with van der Waals surface area (Å²) >= 11 is 0. The monoisotopic (exact) mass is 328 g/mol. The molecule has 0 amide bonds. The second-order valence-electron chi connectivity index (χ2n) is 4.44. The maximum Gasteiger partial charge on any atom is 0.328 e. The minimum atomic E-state index is -1.79. The molecule has 0 fully saturated rings. The molecule has 8 heteroatoms. The second-order valence-corrected chi connectivity index (χ2v) is 4.44. The normalized spacial score (nSPS) is 15.9. The number of carboxylic acid groups (broad SMARTS) is 1. The van der Waals surface area contributed by atoms with Crippen LogP contribution in [0, 0.1) is 0 Å². The molecule has 8 nitrogen and oxygen atoms in total. The third kappa shape index (κ3) is 8.81. The van der Waals surface area contributed by atoms with Crippen molar-refractivity contribution in [3.8, 4) is 0 Å². The summed E-state index contributed by atoms with van der Waals surface area (Å²) in [7, 11) is 0. The number of benzene rings is 1. The molecule has 0 saturated heterocycles. The fourth-order valence-corrected chi connectivity index (χ4v) is 1.35. The van der Waals surface area contributed by atoms with E-state index in [1.54, 1.807) is 6.08 Å². The van der Waals surface area contributed by atoms with Gasteiger partial charge in [-0.25, -0.2) is 4.79 Å². The van der Waals surface area contributed by atoms with Gasteiger partial charge in [0.05, 0.1) is 6.61 Å². The predicted octanol–water partition coefficient (Wildman–Crippen LogP) is -1.59. The Morgan fingerprint density at radius 1 is 1.04 bits per heavy atom. The zero-order chi connectivity index (χ0) is 17.8. The molecule has 4 atom stereocenters. The Morgan fingerprint density at radius 2 is 1.61 bits per heavy atom. The van der Waals surface area contributed by atoms with Crippen molar-refractivity contribution in [3.05, 3.63) is 42.0 Å². The van der Waals surface area contributed by atoms with Gasteiger partial charge < -0.3 is 35.4 Å². The number of aliphatic hydroxyl groups is 5. The molecule has 0 unspecified atom stereocenters. The van der Waals surface area contributed by atoms with Crippen LogP contribution in [-0.2, 0) is 9.59 Å². The van der Waals surface area contributed by atoms with Gasteiger partial charge in [-0.2, -0.15) is 0 Å². The van der Waals surface area contributed by atoms with Crippen molar-refractivity contribution in [2.75, 3.05) is 6.61 Å². The lowest BCUT2D eigenvalue weighted by molar-refractivity contribution is -0.136. The van der Waals surface area contributed by atoms with Crippen molar-refractivity contribution >= 4 is 18.3 Å². The van der Waals surface area contributed by atoms with Crippen LogP contribution >= 0.6 is 0 Å². The quantitative estimate of drug-likeness (QED) is 0.258. The van der Waals surface area contributed by atoms with Gasteiger partial charge >= 0.3 is 5.97 Å². The van der Waals surface area contributed by atoms with Gasteiger partial charge in [-0.05, 0) is 11.6 Å². The number of aliphatic hydroxyl groups excluding tert-OH is 5. The summed E-state index contributed by atoms with van der Waals surface area (Å²) in [5.74, 6) is -0.922. The molecule has 1 aromatic carbocycles. The van der Waals surface area contributed by atoms with Gasteiger partial charge in [0.25, 0.3) is 0 Å². The molecule has 0 aliphatic heterocycles. The van der Waals surface area contributed by atoms with Crippen molar-refractivity contribution in [1.29, 1.82) is 0 Å². The van der Waals surface area contributed by atoms with Crippen LogP contribution in [0.2, 0.25) is 0 Å². The molecule has 0 spiro atoms. The highest BCUT2D eigenvalue weighted by atomic mass is 16.4. The maximum atomic E-state index is 10.1. The molecule has 1 aromatic rings. The molecule has 0 aromatic heterocycles. The standard InChI is InChI=1S/C9H8O2.C6H12O6/c10-9(11)7-6-8-4-2-1-3-5-8;7-1-3(9)5(11)6(12)4(10)2-8/h1-7H,(H,10,11);1,3-6,8-12H,2H2/t;3-,4+,5+,6+/m.0/s1. The van der Waals surface area contributed by atoms with Crippen LogP contribution in [-0.4, -0.2) is 73.9 Å². The van der Waals surface area contributed by atoms with E-state index in [-0.39, 0.29) is 6.29 Å². The Kier molecular flexibility index (Phi) is 10.4. The minimum absolute atomic E-state index is 0.0258. The molecule has 0 saturated carbocycles. The van der Waals surface area contributed by atoms with E-state index in [1.807, 2.05) is 30.3 Å². The van der Waals surface area contributed by atoms with E-state index >= 15 is 0 Å². The van der Waals surface area contributed by atoms with E-state index in [0.717, 1.165) is 11.6 Å². The summed E-state index contributed by atoms with van der Waals surface area (Å²) in [6.07, 6.45) is -4.16. The molecule has 0 radical (unpaired) electrons. The second kappa shape index (κ2) is 11.5. The van der Waals surface area contributed by atoms with Crippen molar-refractivity contribution in [2.45, 2.75) is 24.4 Å².